The number of hydrogen-bond acceptors (Lipinski definition) is 1. The number of hydrogen-bond donors (Lipinski definition) is 0. The van der Waals surface area contributed by atoms with E-state index in [-0.39, 0.29) is 12.1 Å². The van der Waals surface area contributed by atoms with Crippen molar-refractivity contribution in [2.45, 2.75) is 45.2 Å². The fourth-order valence-corrected chi connectivity index (χ4v) is 5.05. The summed E-state index contributed by atoms with van der Waals surface area (Å²) in [5.74, 6) is 0. The quantitative estimate of drug-likeness (QED) is 0.383. The van der Waals surface area contributed by atoms with Crippen LogP contribution in [0.25, 0.3) is 0 Å². The van der Waals surface area contributed by atoms with E-state index in [1.165, 1.54) is 5.56 Å². The van der Waals surface area contributed by atoms with Crippen molar-refractivity contribution in [3.8, 4) is 0 Å². The molecule has 1 aliphatic heterocycles. The summed E-state index contributed by atoms with van der Waals surface area (Å²) >= 11 is 12.3. The fourth-order valence-electron chi connectivity index (χ4n) is 4.80. The molecule has 160 valence electrons. The molecular weight excluding hydrogens is 427 g/mol. The van der Waals surface area contributed by atoms with Crippen LogP contribution in [0.2, 0.25) is 10.0 Å². The Morgan fingerprint density at radius 1 is 0.903 bits per heavy atom. The third-order valence-electron chi connectivity index (χ3n) is 6.06. The van der Waals surface area contributed by atoms with Crippen LogP contribution < -0.4 is 9.80 Å². The predicted molar refractivity (Wildman–Crippen MR) is 130 cm³/mol. The summed E-state index contributed by atoms with van der Waals surface area (Å²) in [5.41, 5.74) is 3.52. The molecule has 4 rings (SSSR count). The molecule has 0 bridgehead atoms. The zero-order valence-electron chi connectivity index (χ0n) is 18.0. The number of halogens is 2. The van der Waals surface area contributed by atoms with Crippen molar-refractivity contribution in [2.75, 3.05) is 9.80 Å². The molecule has 3 aromatic rings. The van der Waals surface area contributed by atoms with Gasteiger partial charge < -0.3 is 0 Å². The average Bonchev–Trinajstić information content (AvgIpc) is 2.96. The van der Waals surface area contributed by atoms with Crippen molar-refractivity contribution in [3.05, 3.63) is 94.0 Å². The maximum Gasteiger partial charge on any atom is 0.330 e. The second kappa shape index (κ2) is 8.57. The summed E-state index contributed by atoms with van der Waals surface area (Å²) in [5, 5.41) is 1.30. The Morgan fingerprint density at radius 3 is 2.03 bits per heavy atom. The summed E-state index contributed by atoms with van der Waals surface area (Å²) in [4.78, 5) is 17.9. The van der Waals surface area contributed by atoms with Crippen LogP contribution in [0.3, 0.4) is 0 Å². The van der Waals surface area contributed by atoms with E-state index in [4.69, 9.17) is 23.2 Å². The maximum absolute atomic E-state index is 14.0. The molecule has 0 aromatic heterocycles. The molecule has 3 nitrogen and oxygen atoms in total. The molecule has 2 atom stereocenters. The molecule has 1 saturated heterocycles. The number of anilines is 2. The first-order valence-corrected chi connectivity index (χ1v) is 11.3. The maximum atomic E-state index is 14.0. The molecule has 2 amide bonds. The topological polar surface area (TPSA) is 23.6 Å². The highest BCUT2D eigenvalue weighted by molar-refractivity contribution is 6.31. The van der Waals surface area contributed by atoms with Crippen molar-refractivity contribution in [2.24, 2.45) is 0 Å². The van der Waals surface area contributed by atoms with Gasteiger partial charge in [-0.2, -0.15) is 0 Å². The van der Waals surface area contributed by atoms with Crippen molar-refractivity contribution in [3.63, 3.8) is 0 Å². The number of rotatable bonds is 5. The Morgan fingerprint density at radius 2 is 1.48 bits per heavy atom. The molecule has 1 heterocycles. The second-order valence-electron chi connectivity index (χ2n) is 8.36. The first kappa shape index (κ1) is 21.7. The summed E-state index contributed by atoms with van der Waals surface area (Å²) in [6.07, 6.45) is 1.80. The lowest BCUT2D eigenvalue weighted by Gasteiger charge is -2.39. The number of amides is 2. The molecule has 31 heavy (non-hydrogen) atoms. The van der Waals surface area contributed by atoms with E-state index in [1.54, 1.807) is 0 Å². The van der Waals surface area contributed by atoms with Crippen molar-refractivity contribution in [1.82, 2.24) is 0 Å². The Kier molecular flexibility index (Phi) is 6.00. The molecule has 0 spiro atoms. The Balaban J connectivity index is 1.94. The molecule has 1 fully saturated rings. The van der Waals surface area contributed by atoms with Gasteiger partial charge in [0, 0.05) is 21.4 Å². The Bertz CT molecular complexity index is 1080. The third-order valence-corrected chi connectivity index (χ3v) is 6.56. The largest absolute Gasteiger partial charge is 0.330 e. The number of aryl methyl sites for hydroxylation is 1. The van der Waals surface area contributed by atoms with Crippen LogP contribution in [0, 0.1) is 6.92 Å². The van der Waals surface area contributed by atoms with Crippen molar-refractivity contribution in [1.29, 1.82) is 0 Å². The number of nitrogens with zero attached hydrogens (tertiary/aromatic N) is 2. The van der Waals surface area contributed by atoms with Crippen LogP contribution in [0.15, 0.2) is 72.8 Å². The summed E-state index contributed by atoms with van der Waals surface area (Å²) in [7, 11) is 0. The standard InChI is InChI=1S/C26H26Cl2N2O/c1-4-16-26(3)24(19-7-5-6-18(2)17-19)29(22-12-8-20(27)9-13-22)25(31)30(26)23-14-10-21(28)11-15-23/h5-15,17,24H,4,16H2,1-3H3/t24?,26-/m0/s1. The lowest BCUT2D eigenvalue weighted by atomic mass is 9.82. The zero-order valence-corrected chi connectivity index (χ0v) is 19.5. The van der Waals surface area contributed by atoms with Crippen LogP contribution in [0.4, 0.5) is 16.2 Å². The first-order valence-electron chi connectivity index (χ1n) is 10.6. The highest BCUT2D eigenvalue weighted by Crippen LogP contribution is 2.50. The van der Waals surface area contributed by atoms with E-state index in [0.29, 0.717) is 10.0 Å². The number of urea groups is 1. The smallest absolute Gasteiger partial charge is 0.286 e. The average molecular weight is 453 g/mol. The minimum Gasteiger partial charge on any atom is -0.286 e. The SMILES string of the molecule is CCC[C@@]1(C)C(c2cccc(C)c2)N(c2ccc(Cl)cc2)C(=O)N1c1ccc(Cl)cc1. The lowest BCUT2D eigenvalue weighted by Crippen LogP contribution is -2.46. The number of carbonyl (C=O) groups is 1. The molecule has 3 aromatic carbocycles. The van der Waals surface area contributed by atoms with E-state index in [0.717, 1.165) is 29.8 Å². The van der Waals surface area contributed by atoms with E-state index >= 15 is 0 Å². The first-order chi connectivity index (χ1) is 14.8. The predicted octanol–water partition coefficient (Wildman–Crippen LogP) is 8.05. The van der Waals surface area contributed by atoms with E-state index in [9.17, 15) is 4.79 Å². The molecule has 1 aliphatic rings. The van der Waals surface area contributed by atoms with Crippen LogP contribution >= 0.6 is 23.2 Å². The van der Waals surface area contributed by atoms with Crippen LogP contribution in [0.1, 0.15) is 43.9 Å². The second-order valence-corrected chi connectivity index (χ2v) is 9.24. The van der Waals surface area contributed by atoms with Gasteiger partial charge in [-0.1, -0.05) is 66.4 Å². The summed E-state index contributed by atoms with van der Waals surface area (Å²) in [6.45, 7) is 6.43. The van der Waals surface area contributed by atoms with Gasteiger partial charge in [0.2, 0.25) is 0 Å². The zero-order chi connectivity index (χ0) is 22.2. The van der Waals surface area contributed by atoms with Gasteiger partial charge in [-0.25, -0.2) is 4.79 Å². The molecule has 0 N–H and O–H groups in total. The fraction of sp³-hybridized carbons (Fsp3) is 0.269. The van der Waals surface area contributed by atoms with Gasteiger partial charge in [-0.05, 0) is 74.4 Å². The number of benzene rings is 3. The van der Waals surface area contributed by atoms with Crippen LogP contribution in [-0.4, -0.2) is 11.6 Å². The monoisotopic (exact) mass is 452 g/mol. The summed E-state index contributed by atoms with van der Waals surface area (Å²) < 4.78 is 0. The van der Waals surface area contributed by atoms with Gasteiger partial charge in [0.05, 0.1) is 11.6 Å². The van der Waals surface area contributed by atoms with Gasteiger partial charge in [0.1, 0.15) is 0 Å². The minimum atomic E-state index is -0.451. The Labute approximate surface area is 194 Å². The normalized spacial score (nSPS) is 21.1. The van der Waals surface area contributed by atoms with Crippen molar-refractivity contribution >= 4 is 40.6 Å². The van der Waals surface area contributed by atoms with Gasteiger partial charge >= 0.3 is 6.03 Å². The van der Waals surface area contributed by atoms with E-state index in [2.05, 4.69) is 45.0 Å². The van der Waals surface area contributed by atoms with Gasteiger partial charge in [0.25, 0.3) is 0 Å². The van der Waals surface area contributed by atoms with Gasteiger partial charge in [-0.3, -0.25) is 9.80 Å². The lowest BCUT2D eigenvalue weighted by molar-refractivity contribution is 0.253. The highest BCUT2D eigenvalue weighted by Gasteiger charge is 2.55. The summed E-state index contributed by atoms with van der Waals surface area (Å²) in [6, 6.07) is 23.3. The molecule has 0 saturated carbocycles. The van der Waals surface area contributed by atoms with Crippen LogP contribution in [-0.2, 0) is 0 Å². The van der Waals surface area contributed by atoms with Crippen molar-refractivity contribution < 1.29 is 4.79 Å². The molecule has 0 aliphatic carbocycles. The van der Waals surface area contributed by atoms with E-state index < -0.39 is 5.54 Å². The molecule has 1 unspecified atom stereocenters. The van der Waals surface area contributed by atoms with Crippen LogP contribution in [0.5, 0.6) is 0 Å². The van der Waals surface area contributed by atoms with Gasteiger partial charge in [-0.15, -0.1) is 0 Å². The molecular formula is C26H26Cl2N2O. The Hall–Kier alpha value is -2.49. The number of carbonyl (C=O) groups excluding carboxylic acids is 1. The molecule has 0 radical (unpaired) electrons. The third kappa shape index (κ3) is 3.93. The highest BCUT2D eigenvalue weighted by atomic mass is 35.5. The minimum absolute atomic E-state index is 0.0490. The van der Waals surface area contributed by atoms with Gasteiger partial charge in [0.15, 0.2) is 0 Å². The van der Waals surface area contributed by atoms with E-state index in [1.807, 2.05) is 58.3 Å². The molecule has 5 heteroatoms.